The van der Waals surface area contributed by atoms with Gasteiger partial charge in [-0.15, -0.1) is 0 Å². The quantitative estimate of drug-likeness (QED) is 0.561. The fourth-order valence-electron chi connectivity index (χ4n) is 4.02. The first-order valence-electron chi connectivity index (χ1n) is 10.7. The first-order valence-corrected chi connectivity index (χ1v) is 12.9. The van der Waals surface area contributed by atoms with Crippen LogP contribution in [0.1, 0.15) is 54.5 Å². The van der Waals surface area contributed by atoms with Crippen molar-refractivity contribution in [2.45, 2.75) is 51.2 Å². The maximum atomic E-state index is 13.2. The lowest BCUT2D eigenvalue weighted by Gasteiger charge is -2.26. The van der Waals surface area contributed by atoms with Gasteiger partial charge in [0.25, 0.3) is 0 Å². The molecule has 0 aliphatic heterocycles. The van der Waals surface area contributed by atoms with E-state index in [-0.39, 0.29) is 11.1 Å². The average molecular weight is 503 g/mol. The summed E-state index contributed by atoms with van der Waals surface area (Å²) in [6.07, 6.45) is 0.958. The minimum Gasteiger partial charge on any atom is -0.348 e. The molecule has 2 aromatic rings. The van der Waals surface area contributed by atoms with Crippen LogP contribution in [0, 0.1) is 0 Å². The third kappa shape index (κ3) is 6.20. The molecule has 1 atom stereocenters. The Morgan fingerprint density at radius 1 is 1.12 bits per heavy atom. The van der Waals surface area contributed by atoms with Crippen molar-refractivity contribution < 1.29 is 26.4 Å². The Bertz CT molecular complexity index is 1140. The van der Waals surface area contributed by atoms with Crippen LogP contribution in [0.25, 0.3) is 0 Å². The summed E-state index contributed by atoms with van der Waals surface area (Å²) in [5.74, 6) is -0.640. The molecule has 1 amide bonds. The molecule has 0 saturated heterocycles. The largest absolute Gasteiger partial charge is 0.416 e. The average Bonchev–Trinajstić information content (AvgIpc) is 2.74. The number of hydrogen-bond acceptors (Lipinski definition) is 3. The van der Waals surface area contributed by atoms with E-state index in [9.17, 15) is 26.4 Å². The number of amides is 1. The lowest BCUT2D eigenvalue weighted by Crippen LogP contribution is -2.41. The van der Waals surface area contributed by atoms with Crippen LogP contribution in [-0.2, 0) is 33.8 Å². The van der Waals surface area contributed by atoms with Gasteiger partial charge in [0.1, 0.15) is 6.54 Å². The molecular weight excluding hydrogens is 477 g/mol. The molecule has 180 valence electrons. The highest BCUT2D eigenvalue weighted by molar-refractivity contribution is 7.92. The Morgan fingerprint density at radius 3 is 2.39 bits per heavy atom. The molecule has 0 unspecified atom stereocenters. The summed E-state index contributed by atoms with van der Waals surface area (Å²) < 4.78 is 64.8. The molecule has 0 spiro atoms. The molecule has 10 heteroatoms. The molecule has 0 aromatic heterocycles. The molecule has 1 aliphatic rings. The first-order chi connectivity index (χ1) is 15.4. The number of halogens is 4. The Kier molecular flexibility index (Phi) is 7.63. The van der Waals surface area contributed by atoms with Crippen molar-refractivity contribution in [3.05, 3.63) is 63.7 Å². The number of carbonyl (C=O) groups excluding carboxylic acids is 1. The molecule has 33 heavy (non-hydrogen) atoms. The van der Waals surface area contributed by atoms with Crippen molar-refractivity contribution in [1.82, 2.24) is 5.32 Å². The highest BCUT2D eigenvalue weighted by Crippen LogP contribution is 2.36. The first kappa shape index (κ1) is 25.4. The molecule has 3 rings (SSSR count). The van der Waals surface area contributed by atoms with Crippen LogP contribution >= 0.6 is 11.6 Å². The third-order valence-corrected chi connectivity index (χ3v) is 7.19. The van der Waals surface area contributed by atoms with Crippen molar-refractivity contribution in [3.8, 4) is 0 Å². The second-order valence-electron chi connectivity index (χ2n) is 8.20. The van der Waals surface area contributed by atoms with Gasteiger partial charge in [-0.1, -0.05) is 36.7 Å². The monoisotopic (exact) mass is 502 g/mol. The predicted molar refractivity (Wildman–Crippen MR) is 123 cm³/mol. The number of nitrogens with one attached hydrogen (secondary N) is 1. The summed E-state index contributed by atoms with van der Waals surface area (Å²) in [5.41, 5.74) is 2.01. The number of alkyl halides is 3. The molecule has 1 N–H and O–H groups in total. The summed E-state index contributed by atoms with van der Waals surface area (Å²) in [4.78, 5) is 12.8. The lowest BCUT2D eigenvalue weighted by atomic mass is 9.89. The van der Waals surface area contributed by atoms with E-state index in [1.807, 2.05) is 13.0 Å². The summed E-state index contributed by atoms with van der Waals surface area (Å²) in [7, 11) is -4.10. The van der Waals surface area contributed by atoms with Crippen LogP contribution in [0.2, 0.25) is 5.02 Å². The van der Waals surface area contributed by atoms with E-state index in [4.69, 9.17) is 11.6 Å². The summed E-state index contributed by atoms with van der Waals surface area (Å²) >= 11 is 6.02. The molecule has 1 aliphatic carbocycles. The molecule has 0 saturated carbocycles. The van der Waals surface area contributed by atoms with Gasteiger partial charge in [0.05, 0.1) is 28.6 Å². The highest BCUT2D eigenvalue weighted by Gasteiger charge is 2.33. The van der Waals surface area contributed by atoms with Gasteiger partial charge in [0.15, 0.2) is 0 Å². The van der Waals surface area contributed by atoms with Crippen molar-refractivity contribution in [2.24, 2.45) is 0 Å². The van der Waals surface area contributed by atoms with Gasteiger partial charge in [-0.05, 0) is 67.0 Å². The van der Waals surface area contributed by atoms with E-state index >= 15 is 0 Å². The number of benzene rings is 2. The number of anilines is 1. The molecule has 0 heterocycles. The number of hydrogen-bond donors (Lipinski definition) is 1. The molecule has 0 radical (unpaired) electrons. The normalized spacial score (nSPS) is 15.0. The molecular formula is C23H26ClF3N2O3S. The van der Waals surface area contributed by atoms with Gasteiger partial charge in [-0.25, -0.2) is 8.42 Å². The van der Waals surface area contributed by atoms with Gasteiger partial charge in [-0.2, -0.15) is 13.2 Å². The molecule has 0 bridgehead atoms. The molecule has 0 fully saturated rings. The minimum absolute atomic E-state index is 0.206. The van der Waals surface area contributed by atoms with Crippen molar-refractivity contribution in [1.29, 1.82) is 0 Å². The van der Waals surface area contributed by atoms with Crippen LogP contribution < -0.4 is 9.62 Å². The zero-order chi connectivity index (χ0) is 24.4. The fourth-order valence-corrected chi connectivity index (χ4v) is 5.15. The van der Waals surface area contributed by atoms with E-state index < -0.39 is 39.9 Å². The third-order valence-electron chi connectivity index (χ3n) is 5.75. The zero-order valence-electron chi connectivity index (χ0n) is 18.4. The zero-order valence-corrected chi connectivity index (χ0v) is 19.9. The minimum atomic E-state index is -4.69. The predicted octanol–water partition coefficient (Wildman–Crippen LogP) is 5.27. The van der Waals surface area contributed by atoms with E-state index in [0.29, 0.717) is 16.8 Å². The van der Waals surface area contributed by atoms with E-state index in [0.717, 1.165) is 49.6 Å². The van der Waals surface area contributed by atoms with Gasteiger partial charge in [0.2, 0.25) is 15.9 Å². The van der Waals surface area contributed by atoms with E-state index in [1.165, 1.54) is 11.1 Å². The number of carbonyl (C=O) groups is 1. The smallest absolute Gasteiger partial charge is 0.348 e. The molecule has 5 nitrogen and oxygen atoms in total. The second kappa shape index (κ2) is 9.93. The van der Waals surface area contributed by atoms with Crippen molar-refractivity contribution >= 4 is 33.2 Å². The number of fused-ring (bicyclic) bond motifs is 1. The highest BCUT2D eigenvalue weighted by atomic mass is 35.5. The summed E-state index contributed by atoms with van der Waals surface area (Å²) in [6, 6.07) is 8.09. The van der Waals surface area contributed by atoms with Gasteiger partial charge >= 0.3 is 6.18 Å². The number of aryl methyl sites for hydroxylation is 2. The number of sulfonamides is 1. The second-order valence-corrected chi connectivity index (χ2v) is 10.5. The van der Waals surface area contributed by atoms with Crippen molar-refractivity contribution in [2.75, 3.05) is 17.1 Å². The van der Waals surface area contributed by atoms with E-state index in [1.54, 1.807) is 0 Å². The maximum Gasteiger partial charge on any atom is 0.416 e. The summed E-state index contributed by atoms with van der Waals surface area (Å²) in [5, 5.41) is 2.61. The Morgan fingerprint density at radius 2 is 1.79 bits per heavy atom. The fraction of sp³-hybridized carbons (Fsp3) is 0.435. The number of nitrogens with zero attached hydrogens (tertiary/aromatic N) is 1. The Labute approximate surface area is 197 Å². The lowest BCUT2D eigenvalue weighted by molar-refractivity contribution is -0.137. The van der Waals surface area contributed by atoms with Gasteiger partial charge in [-0.3, -0.25) is 9.10 Å². The van der Waals surface area contributed by atoms with Gasteiger partial charge in [0, 0.05) is 0 Å². The van der Waals surface area contributed by atoms with Crippen LogP contribution in [0.5, 0.6) is 0 Å². The van der Waals surface area contributed by atoms with Crippen LogP contribution in [0.15, 0.2) is 36.4 Å². The number of rotatable bonds is 7. The van der Waals surface area contributed by atoms with Crippen molar-refractivity contribution in [3.63, 3.8) is 0 Å². The van der Waals surface area contributed by atoms with Crippen LogP contribution in [0.3, 0.4) is 0 Å². The topological polar surface area (TPSA) is 66.5 Å². The van der Waals surface area contributed by atoms with Gasteiger partial charge < -0.3 is 5.32 Å². The maximum absolute atomic E-state index is 13.2. The summed E-state index contributed by atoms with van der Waals surface area (Å²) in [6.45, 7) is 1.20. The standard InChI is InChI=1S/C23H26ClF3N2O3S/c1-3-20(17-9-8-15-6-4-5-7-16(15)12-17)28-22(30)14-29(33(2,31)32)21-13-18(23(25,26)27)10-11-19(21)24/h8-13,20H,3-7,14H2,1-2H3,(H,28,30)/t20-/m0/s1. The SMILES string of the molecule is CC[C@H](NC(=O)CN(c1cc(C(F)(F)F)ccc1Cl)S(C)(=O)=O)c1ccc2c(c1)CCCC2. The Hall–Kier alpha value is -2.26. The van der Waals surface area contributed by atoms with E-state index in [2.05, 4.69) is 17.4 Å². The van der Waals surface area contributed by atoms with Crippen LogP contribution in [-0.4, -0.2) is 27.1 Å². The molecule has 2 aromatic carbocycles. The Balaban J connectivity index is 1.84. The van der Waals surface area contributed by atoms with Crippen LogP contribution in [0.4, 0.5) is 18.9 Å².